The molecule has 130 valence electrons. The number of carbonyl (C=O) groups is 3. The average Bonchev–Trinajstić information content (AvgIpc) is 3.10. The summed E-state index contributed by atoms with van der Waals surface area (Å²) in [6.45, 7) is 3.72. The molecule has 0 saturated heterocycles. The van der Waals surface area contributed by atoms with Crippen LogP contribution in [0, 0.1) is 0 Å². The van der Waals surface area contributed by atoms with Crippen LogP contribution in [0.5, 0.6) is 0 Å². The van der Waals surface area contributed by atoms with Crippen molar-refractivity contribution in [1.29, 1.82) is 0 Å². The van der Waals surface area contributed by atoms with Crippen LogP contribution in [0.2, 0.25) is 0 Å². The van der Waals surface area contributed by atoms with E-state index < -0.39 is 0 Å². The van der Waals surface area contributed by atoms with Crippen molar-refractivity contribution in [3.8, 4) is 0 Å². The van der Waals surface area contributed by atoms with Crippen molar-refractivity contribution in [3.63, 3.8) is 0 Å². The molecule has 25 heavy (non-hydrogen) atoms. The van der Waals surface area contributed by atoms with Gasteiger partial charge in [0.05, 0.1) is 9.88 Å². The van der Waals surface area contributed by atoms with E-state index in [4.69, 9.17) is 0 Å². The number of hydrogen-bond acceptors (Lipinski definition) is 7. The highest BCUT2D eigenvalue weighted by Gasteiger charge is 2.25. The Labute approximate surface area is 148 Å². The predicted molar refractivity (Wildman–Crippen MR) is 93.1 cm³/mol. The summed E-state index contributed by atoms with van der Waals surface area (Å²) in [7, 11) is 0. The van der Waals surface area contributed by atoms with Crippen LogP contribution in [0.15, 0.2) is 12.5 Å². The monoisotopic (exact) mass is 358 g/mol. The van der Waals surface area contributed by atoms with E-state index >= 15 is 0 Å². The lowest BCUT2D eigenvalue weighted by molar-refractivity contribution is -0.116. The number of nitrogens with zero attached hydrogens (tertiary/aromatic N) is 3. The molecule has 2 aromatic rings. The first-order chi connectivity index (χ1) is 12.0. The molecule has 0 radical (unpaired) electrons. The maximum Gasteiger partial charge on any atom is 0.225 e. The van der Waals surface area contributed by atoms with Crippen LogP contribution in [0.4, 0.5) is 5.82 Å². The van der Waals surface area contributed by atoms with E-state index in [1.54, 1.807) is 6.20 Å². The lowest BCUT2D eigenvalue weighted by Crippen LogP contribution is -2.23. The number of aromatic nitrogens is 3. The van der Waals surface area contributed by atoms with E-state index in [1.165, 1.54) is 17.7 Å². The number of rotatable bonds is 6. The summed E-state index contributed by atoms with van der Waals surface area (Å²) in [5.41, 5.74) is 1.05. The van der Waals surface area contributed by atoms with Crippen LogP contribution in [-0.2, 0) is 11.2 Å². The quantitative estimate of drug-likeness (QED) is 0.797. The fourth-order valence-corrected chi connectivity index (χ4v) is 3.69. The van der Waals surface area contributed by atoms with Gasteiger partial charge in [0.25, 0.3) is 0 Å². The zero-order valence-corrected chi connectivity index (χ0v) is 14.9. The Morgan fingerprint density at radius 1 is 1.24 bits per heavy atom. The van der Waals surface area contributed by atoms with Crippen molar-refractivity contribution < 1.29 is 14.4 Å². The maximum absolute atomic E-state index is 12.7. The fraction of sp³-hybridized carbons (Fsp3) is 0.412. The minimum absolute atomic E-state index is 0.0582. The summed E-state index contributed by atoms with van der Waals surface area (Å²) in [5.74, 6) is 0.157. The smallest absolute Gasteiger partial charge is 0.225 e. The molecule has 8 heteroatoms. The zero-order chi connectivity index (χ0) is 18.0. The Bertz CT molecular complexity index is 846. The van der Waals surface area contributed by atoms with Gasteiger partial charge < -0.3 is 5.32 Å². The molecule has 1 aliphatic heterocycles. The SMILES string of the molecule is CCC(=O)c1cnc([C@@H](C)CC(=O)c2ncnc3c2CCC(=O)N3)s1. The highest BCUT2D eigenvalue weighted by Crippen LogP contribution is 2.28. The van der Waals surface area contributed by atoms with Gasteiger partial charge in [0.1, 0.15) is 17.8 Å². The van der Waals surface area contributed by atoms with Crippen molar-refractivity contribution in [2.45, 2.75) is 45.4 Å². The van der Waals surface area contributed by atoms with Crippen LogP contribution in [0.1, 0.15) is 69.8 Å². The van der Waals surface area contributed by atoms with Gasteiger partial charge in [0.15, 0.2) is 11.6 Å². The number of Topliss-reactive ketones (excluding diaryl/α,β-unsaturated/α-hetero) is 2. The summed E-state index contributed by atoms with van der Waals surface area (Å²) < 4.78 is 0. The number of carbonyl (C=O) groups excluding carboxylic acids is 3. The number of hydrogen-bond donors (Lipinski definition) is 1. The molecular weight excluding hydrogens is 340 g/mol. The zero-order valence-electron chi connectivity index (χ0n) is 14.0. The van der Waals surface area contributed by atoms with Gasteiger partial charge in [-0.25, -0.2) is 15.0 Å². The van der Waals surface area contributed by atoms with Crippen molar-refractivity contribution in [2.75, 3.05) is 5.32 Å². The molecule has 0 saturated carbocycles. The van der Waals surface area contributed by atoms with E-state index in [-0.39, 0.29) is 29.8 Å². The van der Waals surface area contributed by atoms with Crippen molar-refractivity contribution >= 4 is 34.6 Å². The Hall–Kier alpha value is -2.48. The van der Waals surface area contributed by atoms with Crippen LogP contribution in [-0.4, -0.2) is 32.4 Å². The van der Waals surface area contributed by atoms with Crippen LogP contribution < -0.4 is 5.32 Å². The number of fused-ring (bicyclic) bond motifs is 1. The molecule has 3 rings (SSSR count). The van der Waals surface area contributed by atoms with Crippen molar-refractivity contribution in [2.24, 2.45) is 0 Å². The van der Waals surface area contributed by atoms with Gasteiger partial charge in [-0.2, -0.15) is 0 Å². The Balaban J connectivity index is 1.76. The van der Waals surface area contributed by atoms with Gasteiger partial charge in [-0.1, -0.05) is 13.8 Å². The third-order valence-corrected chi connectivity index (χ3v) is 5.37. The second kappa shape index (κ2) is 7.18. The third kappa shape index (κ3) is 3.63. The molecule has 0 aromatic carbocycles. The standard InChI is InChI=1S/C17H18N4O3S/c1-3-11(22)13-7-18-17(25-13)9(2)6-12(23)15-10-4-5-14(24)21-16(10)20-8-19-15/h7-9H,3-6H2,1-2H3,(H,19,20,21,24)/t9-/m0/s1. The molecular formula is C17H18N4O3S. The fourth-order valence-electron chi connectivity index (χ4n) is 2.71. The number of nitrogens with one attached hydrogen (secondary N) is 1. The van der Waals surface area contributed by atoms with Crippen LogP contribution in [0.25, 0.3) is 0 Å². The van der Waals surface area contributed by atoms with Crippen LogP contribution in [0.3, 0.4) is 0 Å². The molecule has 0 spiro atoms. The largest absolute Gasteiger partial charge is 0.310 e. The van der Waals surface area contributed by atoms with Crippen molar-refractivity contribution in [1.82, 2.24) is 15.0 Å². The molecule has 1 aliphatic rings. The second-order valence-electron chi connectivity index (χ2n) is 5.97. The molecule has 2 aromatic heterocycles. The molecule has 0 fully saturated rings. The summed E-state index contributed by atoms with van der Waals surface area (Å²) in [6, 6.07) is 0. The van der Waals surface area contributed by atoms with E-state index in [1.807, 2.05) is 13.8 Å². The molecule has 1 amide bonds. The summed E-state index contributed by atoms with van der Waals surface area (Å²) in [4.78, 5) is 49.0. The lowest BCUT2D eigenvalue weighted by Gasteiger charge is -2.17. The summed E-state index contributed by atoms with van der Waals surface area (Å²) in [6.07, 6.45) is 4.34. The Morgan fingerprint density at radius 3 is 2.80 bits per heavy atom. The first-order valence-corrected chi connectivity index (χ1v) is 8.97. The van der Waals surface area contributed by atoms with Crippen molar-refractivity contribution in [3.05, 3.63) is 33.7 Å². The van der Waals surface area contributed by atoms with Gasteiger partial charge in [-0.3, -0.25) is 14.4 Å². The van der Waals surface area contributed by atoms with Gasteiger partial charge in [-0.15, -0.1) is 11.3 Å². The third-order valence-electron chi connectivity index (χ3n) is 4.10. The minimum Gasteiger partial charge on any atom is -0.310 e. The molecule has 3 heterocycles. The number of thiazole rings is 1. The van der Waals surface area contributed by atoms with Gasteiger partial charge >= 0.3 is 0 Å². The minimum atomic E-state index is -0.111. The number of ketones is 2. The molecule has 0 bridgehead atoms. The summed E-state index contributed by atoms with van der Waals surface area (Å²) >= 11 is 1.34. The lowest BCUT2D eigenvalue weighted by atomic mass is 9.97. The topological polar surface area (TPSA) is 102 Å². The molecule has 0 unspecified atom stereocenters. The second-order valence-corrected chi connectivity index (χ2v) is 7.03. The van der Waals surface area contributed by atoms with E-state index in [9.17, 15) is 14.4 Å². The van der Waals surface area contributed by atoms with Crippen LogP contribution >= 0.6 is 11.3 Å². The van der Waals surface area contributed by atoms with E-state index in [0.29, 0.717) is 41.2 Å². The average molecular weight is 358 g/mol. The number of anilines is 1. The Morgan fingerprint density at radius 2 is 2.04 bits per heavy atom. The number of amides is 1. The normalized spacial score (nSPS) is 14.6. The van der Waals surface area contributed by atoms with E-state index in [2.05, 4.69) is 20.3 Å². The van der Waals surface area contributed by atoms with Gasteiger partial charge in [0.2, 0.25) is 5.91 Å². The predicted octanol–water partition coefficient (Wildman–Crippen LogP) is 2.79. The van der Waals surface area contributed by atoms with Gasteiger partial charge in [-0.05, 0) is 6.42 Å². The summed E-state index contributed by atoms with van der Waals surface area (Å²) in [5, 5.41) is 3.44. The highest BCUT2D eigenvalue weighted by atomic mass is 32.1. The van der Waals surface area contributed by atoms with Gasteiger partial charge in [0, 0.05) is 36.9 Å². The van der Waals surface area contributed by atoms with E-state index in [0.717, 1.165) is 5.01 Å². The first-order valence-electron chi connectivity index (χ1n) is 8.15. The molecule has 1 atom stereocenters. The molecule has 0 aliphatic carbocycles. The Kier molecular flexibility index (Phi) is 4.98. The molecule has 7 nitrogen and oxygen atoms in total. The maximum atomic E-state index is 12.7. The first kappa shape index (κ1) is 17.3. The molecule has 1 N–H and O–H groups in total. The highest BCUT2D eigenvalue weighted by molar-refractivity contribution is 7.13.